The summed E-state index contributed by atoms with van der Waals surface area (Å²) in [7, 11) is 0. The highest BCUT2D eigenvalue weighted by Crippen LogP contribution is 2.36. The van der Waals surface area contributed by atoms with Crippen molar-refractivity contribution in [3.63, 3.8) is 0 Å². The third kappa shape index (κ3) is 4.17. The van der Waals surface area contributed by atoms with Crippen LogP contribution >= 0.6 is 0 Å². The summed E-state index contributed by atoms with van der Waals surface area (Å²) in [5, 5.41) is 11.2. The Labute approximate surface area is 215 Å². The summed E-state index contributed by atoms with van der Waals surface area (Å²) in [6.07, 6.45) is 0. The van der Waals surface area contributed by atoms with E-state index in [1.54, 1.807) is 23.1 Å². The number of hydrogen-bond donors (Lipinski definition) is 1. The average Bonchev–Trinajstić information content (AvgIpc) is 2.93. The van der Waals surface area contributed by atoms with Gasteiger partial charge in [-0.15, -0.1) is 0 Å². The van der Waals surface area contributed by atoms with Crippen molar-refractivity contribution < 1.29 is 27.8 Å². The van der Waals surface area contributed by atoms with E-state index in [0.717, 1.165) is 0 Å². The molecule has 2 fully saturated rings. The first-order chi connectivity index (χ1) is 18.4. The molecular formula is C27H25F2N3O6. The molecule has 0 aliphatic carbocycles. The summed E-state index contributed by atoms with van der Waals surface area (Å²) in [4.78, 5) is 30.4. The molecule has 0 spiro atoms. The maximum Gasteiger partial charge on any atom is 0.363 e. The first-order valence-electron chi connectivity index (χ1n) is 12.4. The van der Waals surface area contributed by atoms with E-state index in [1.165, 1.54) is 22.8 Å². The Morgan fingerprint density at radius 3 is 2.16 bits per heavy atom. The lowest BCUT2D eigenvalue weighted by atomic mass is 10.1. The third-order valence-corrected chi connectivity index (χ3v) is 7.07. The first-order valence-corrected chi connectivity index (χ1v) is 12.4. The number of ether oxygens (including phenoxy) is 2. The van der Waals surface area contributed by atoms with Crippen LogP contribution in [0.25, 0.3) is 21.9 Å². The lowest BCUT2D eigenvalue weighted by Crippen LogP contribution is -2.39. The quantitative estimate of drug-likeness (QED) is 0.407. The number of benzene rings is 2. The van der Waals surface area contributed by atoms with Crippen LogP contribution in [-0.2, 0) is 16.0 Å². The van der Waals surface area contributed by atoms with Gasteiger partial charge >= 0.3 is 5.63 Å². The molecule has 198 valence electrons. The van der Waals surface area contributed by atoms with E-state index in [2.05, 4.69) is 0 Å². The summed E-state index contributed by atoms with van der Waals surface area (Å²) < 4.78 is 46.8. The third-order valence-electron chi connectivity index (χ3n) is 7.07. The SMILES string of the molecule is O=c1oc2c(c(O)c1N1CCOCC1)c(=O)n(Cc1ccc(F)cc1)c1cc(N3CCOCC3)c(F)cc21. The number of fused-ring (bicyclic) bond motifs is 3. The highest BCUT2D eigenvalue weighted by atomic mass is 19.1. The van der Waals surface area contributed by atoms with Crippen molar-refractivity contribution in [2.75, 3.05) is 62.4 Å². The van der Waals surface area contributed by atoms with E-state index in [1.807, 2.05) is 4.90 Å². The van der Waals surface area contributed by atoms with Gasteiger partial charge in [-0.2, -0.15) is 0 Å². The number of hydrogen-bond acceptors (Lipinski definition) is 8. The minimum Gasteiger partial charge on any atom is -0.505 e. The highest BCUT2D eigenvalue weighted by molar-refractivity contribution is 6.06. The summed E-state index contributed by atoms with van der Waals surface area (Å²) in [5.74, 6) is -1.50. The Kier molecular flexibility index (Phi) is 6.24. The van der Waals surface area contributed by atoms with Gasteiger partial charge in [0, 0.05) is 31.6 Å². The molecule has 0 bridgehead atoms. The second kappa shape index (κ2) is 9.73. The minimum absolute atomic E-state index is 0.0190. The number of morpholine rings is 2. The minimum atomic E-state index is -0.827. The molecule has 2 aromatic carbocycles. The van der Waals surface area contributed by atoms with E-state index >= 15 is 4.39 Å². The van der Waals surface area contributed by atoms with E-state index in [9.17, 15) is 19.1 Å². The number of rotatable bonds is 4. The Morgan fingerprint density at radius 2 is 1.50 bits per heavy atom. The Hall–Kier alpha value is -3.96. The fourth-order valence-corrected chi connectivity index (χ4v) is 5.14. The van der Waals surface area contributed by atoms with E-state index in [4.69, 9.17) is 13.9 Å². The van der Waals surface area contributed by atoms with Gasteiger partial charge in [-0.25, -0.2) is 13.6 Å². The van der Waals surface area contributed by atoms with Crippen LogP contribution < -0.4 is 21.0 Å². The molecule has 1 N–H and O–H groups in total. The fourth-order valence-electron chi connectivity index (χ4n) is 5.14. The second-order valence-corrected chi connectivity index (χ2v) is 9.33. The smallest absolute Gasteiger partial charge is 0.363 e. The molecule has 11 heteroatoms. The van der Waals surface area contributed by atoms with Gasteiger partial charge in [0.2, 0.25) is 0 Å². The van der Waals surface area contributed by atoms with Crippen molar-refractivity contribution >= 4 is 33.2 Å². The van der Waals surface area contributed by atoms with E-state index in [-0.39, 0.29) is 34.3 Å². The molecular weight excluding hydrogens is 500 g/mol. The molecule has 9 nitrogen and oxygen atoms in total. The van der Waals surface area contributed by atoms with Crippen molar-refractivity contribution in [2.45, 2.75) is 6.54 Å². The second-order valence-electron chi connectivity index (χ2n) is 9.33. The molecule has 2 saturated heterocycles. The standard InChI is InChI=1S/C27H25F2N3O6/c28-17-3-1-16(2-4-17)15-32-20-14-21(30-5-9-36-10-6-30)19(29)13-18(20)25-22(26(32)34)24(33)23(27(35)38-25)31-7-11-37-12-8-31/h1-4,13-14,33H,5-12,15H2. The predicted octanol–water partition coefficient (Wildman–Crippen LogP) is 2.81. The summed E-state index contributed by atoms with van der Waals surface area (Å²) >= 11 is 0. The maximum atomic E-state index is 15.5. The molecule has 0 amide bonds. The van der Waals surface area contributed by atoms with Gasteiger partial charge in [-0.1, -0.05) is 12.1 Å². The van der Waals surface area contributed by atoms with Crippen LogP contribution in [0.15, 0.2) is 50.4 Å². The van der Waals surface area contributed by atoms with Crippen LogP contribution in [0.1, 0.15) is 5.56 Å². The van der Waals surface area contributed by atoms with Crippen molar-refractivity contribution in [2.24, 2.45) is 0 Å². The Bertz CT molecular complexity index is 1640. The highest BCUT2D eigenvalue weighted by Gasteiger charge is 2.27. The first kappa shape index (κ1) is 24.4. The van der Waals surface area contributed by atoms with Crippen LogP contribution in [0.5, 0.6) is 5.75 Å². The molecule has 4 aromatic rings. The van der Waals surface area contributed by atoms with E-state index < -0.39 is 28.6 Å². The molecule has 0 radical (unpaired) electrons. The van der Waals surface area contributed by atoms with Crippen LogP contribution in [0.2, 0.25) is 0 Å². The maximum absolute atomic E-state index is 15.5. The normalized spacial score (nSPS) is 16.5. The van der Waals surface area contributed by atoms with Crippen LogP contribution in [0, 0.1) is 11.6 Å². The van der Waals surface area contributed by atoms with Crippen LogP contribution in [0.4, 0.5) is 20.2 Å². The molecule has 38 heavy (non-hydrogen) atoms. The molecule has 6 rings (SSSR count). The van der Waals surface area contributed by atoms with Gasteiger partial charge in [0.1, 0.15) is 17.0 Å². The number of pyridine rings is 1. The van der Waals surface area contributed by atoms with Crippen molar-refractivity contribution in [3.05, 3.63) is 74.4 Å². The number of halogens is 2. The molecule has 2 aliphatic heterocycles. The fraction of sp³-hybridized carbons (Fsp3) is 0.333. The van der Waals surface area contributed by atoms with Gasteiger partial charge in [0.05, 0.1) is 44.2 Å². The van der Waals surface area contributed by atoms with Crippen molar-refractivity contribution in [3.8, 4) is 5.75 Å². The van der Waals surface area contributed by atoms with E-state index in [0.29, 0.717) is 63.7 Å². The largest absolute Gasteiger partial charge is 0.505 e. The van der Waals surface area contributed by atoms with Crippen LogP contribution in [0.3, 0.4) is 0 Å². The van der Waals surface area contributed by atoms with Gasteiger partial charge in [0.15, 0.2) is 17.0 Å². The van der Waals surface area contributed by atoms with Crippen molar-refractivity contribution in [1.82, 2.24) is 4.57 Å². The number of aromatic hydroxyl groups is 1. The van der Waals surface area contributed by atoms with Gasteiger partial charge in [0.25, 0.3) is 5.56 Å². The Morgan fingerprint density at radius 1 is 0.868 bits per heavy atom. The molecule has 0 unspecified atom stereocenters. The lowest BCUT2D eigenvalue weighted by molar-refractivity contribution is 0.122. The predicted molar refractivity (Wildman–Crippen MR) is 137 cm³/mol. The molecule has 2 aliphatic rings. The number of aromatic nitrogens is 1. The zero-order chi connectivity index (χ0) is 26.4. The van der Waals surface area contributed by atoms with Gasteiger partial charge in [-0.3, -0.25) is 4.79 Å². The number of anilines is 2. The Balaban J connectivity index is 1.64. The van der Waals surface area contributed by atoms with Crippen molar-refractivity contribution in [1.29, 1.82) is 0 Å². The zero-order valence-corrected chi connectivity index (χ0v) is 20.4. The molecule has 0 saturated carbocycles. The average molecular weight is 526 g/mol. The lowest BCUT2D eigenvalue weighted by Gasteiger charge is -2.30. The summed E-state index contributed by atoms with van der Waals surface area (Å²) in [6, 6.07) is 8.45. The molecule has 4 heterocycles. The van der Waals surface area contributed by atoms with Gasteiger partial charge < -0.3 is 33.4 Å². The molecule has 2 aromatic heterocycles. The summed E-state index contributed by atoms with van der Waals surface area (Å²) in [5.41, 5.74) is -0.543. The monoisotopic (exact) mass is 525 g/mol. The number of nitrogens with zero attached hydrogens (tertiary/aromatic N) is 3. The zero-order valence-electron chi connectivity index (χ0n) is 20.4. The summed E-state index contributed by atoms with van der Waals surface area (Å²) in [6.45, 7) is 3.18. The topological polar surface area (TPSA) is 97.4 Å². The van der Waals surface area contributed by atoms with Gasteiger partial charge in [-0.05, 0) is 29.8 Å². The van der Waals surface area contributed by atoms with Crippen LogP contribution in [-0.4, -0.2) is 62.3 Å². The molecule has 0 atom stereocenters.